The molecular weight excluding hydrogens is 743 g/mol. The molecular formula is C37H33IN2O7S. The Balaban J connectivity index is 1.41. The van der Waals surface area contributed by atoms with Crippen molar-refractivity contribution >= 4 is 56.7 Å². The van der Waals surface area contributed by atoms with Crippen LogP contribution in [0, 0.1) is 3.57 Å². The van der Waals surface area contributed by atoms with E-state index in [1.165, 1.54) is 18.4 Å². The van der Waals surface area contributed by atoms with Gasteiger partial charge in [0, 0.05) is 0 Å². The number of fused-ring (bicyclic) bond motifs is 2. The molecule has 2 heterocycles. The highest BCUT2D eigenvalue weighted by molar-refractivity contribution is 14.1. The lowest BCUT2D eigenvalue weighted by Crippen LogP contribution is -2.40. The summed E-state index contributed by atoms with van der Waals surface area (Å²) in [6, 6.07) is 22.7. The normalized spacial score (nSPS) is 14.4. The zero-order valence-corrected chi connectivity index (χ0v) is 30.0. The van der Waals surface area contributed by atoms with Crippen LogP contribution in [0.25, 0.3) is 16.8 Å². The van der Waals surface area contributed by atoms with Crippen LogP contribution in [0.5, 0.6) is 23.0 Å². The average Bonchev–Trinajstić information content (AvgIpc) is 3.39. The van der Waals surface area contributed by atoms with E-state index in [2.05, 4.69) is 51.8 Å². The number of hydrogen-bond acceptors (Lipinski definition) is 9. The Morgan fingerprint density at radius 3 is 2.46 bits per heavy atom. The van der Waals surface area contributed by atoms with E-state index < -0.39 is 12.0 Å². The van der Waals surface area contributed by atoms with Crippen molar-refractivity contribution in [1.29, 1.82) is 0 Å². The number of ether oxygens (including phenoxy) is 5. The minimum Gasteiger partial charge on any atom is -0.493 e. The number of carbonyl (C=O) groups excluding carboxylic acids is 1. The minimum absolute atomic E-state index is 0.181. The predicted octanol–water partition coefficient (Wildman–Crippen LogP) is 6.16. The van der Waals surface area contributed by atoms with E-state index in [1.807, 2.05) is 36.4 Å². The molecule has 0 saturated heterocycles. The molecule has 9 nitrogen and oxygen atoms in total. The molecule has 0 bridgehead atoms. The summed E-state index contributed by atoms with van der Waals surface area (Å²) in [5.41, 5.74) is 2.94. The summed E-state index contributed by atoms with van der Waals surface area (Å²) in [5, 5.41) is 2.28. The number of halogens is 1. The zero-order valence-electron chi connectivity index (χ0n) is 27.0. The SMILES string of the molecule is CCOC(=O)C1=C(C)N=c2sc(=Cc3cc(I)c(OCc4cccc5ccccc45)c(OC)c3)c(=O)n2[C@@H]1c1ccc(OC)c(OC)c1. The lowest BCUT2D eigenvalue weighted by atomic mass is 9.95. The predicted molar refractivity (Wildman–Crippen MR) is 194 cm³/mol. The molecule has 1 aromatic heterocycles. The maximum absolute atomic E-state index is 14.2. The summed E-state index contributed by atoms with van der Waals surface area (Å²) in [6.07, 6.45) is 1.80. The van der Waals surface area contributed by atoms with Crippen molar-refractivity contribution in [2.75, 3.05) is 27.9 Å². The van der Waals surface area contributed by atoms with Gasteiger partial charge in [0.05, 0.1) is 53.4 Å². The van der Waals surface area contributed by atoms with Gasteiger partial charge >= 0.3 is 5.97 Å². The lowest BCUT2D eigenvalue weighted by Gasteiger charge is -2.25. The largest absolute Gasteiger partial charge is 0.493 e. The zero-order chi connectivity index (χ0) is 33.9. The van der Waals surface area contributed by atoms with Crippen molar-refractivity contribution in [3.05, 3.63) is 124 Å². The molecule has 6 rings (SSSR count). The van der Waals surface area contributed by atoms with E-state index in [0.29, 0.717) is 50.2 Å². The molecule has 1 aliphatic rings. The van der Waals surface area contributed by atoms with Gasteiger partial charge < -0.3 is 23.7 Å². The van der Waals surface area contributed by atoms with Gasteiger partial charge in [0.2, 0.25) is 0 Å². The number of rotatable bonds is 10. The third kappa shape index (κ3) is 6.31. The number of thiazole rings is 1. The molecule has 0 fully saturated rings. The summed E-state index contributed by atoms with van der Waals surface area (Å²) >= 11 is 3.47. The molecule has 11 heteroatoms. The Hall–Kier alpha value is -4.62. The molecule has 246 valence electrons. The Morgan fingerprint density at radius 1 is 0.958 bits per heavy atom. The van der Waals surface area contributed by atoms with Crippen LogP contribution < -0.4 is 33.8 Å². The third-order valence-electron chi connectivity index (χ3n) is 8.04. The quantitative estimate of drug-likeness (QED) is 0.124. The lowest BCUT2D eigenvalue weighted by molar-refractivity contribution is -0.139. The van der Waals surface area contributed by atoms with Gasteiger partial charge in [-0.15, -0.1) is 0 Å². The second-order valence-corrected chi connectivity index (χ2v) is 13.0. The number of allylic oxidation sites excluding steroid dienone is 1. The van der Waals surface area contributed by atoms with E-state index in [0.717, 1.165) is 25.5 Å². The van der Waals surface area contributed by atoms with Crippen molar-refractivity contribution in [1.82, 2.24) is 4.57 Å². The molecule has 0 aliphatic carbocycles. The third-order valence-corrected chi connectivity index (χ3v) is 9.83. The molecule has 0 saturated carbocycles. The van der Waals surface area contributed by atoms with Crippen LogP contribution in [-0.2, 0) is 16.1 Å². The maximum atomic E-state index is 14.2. The van der Waals surface area contributed by atoms with E-state index >= 15 is 0 Å². The van der Waals surface area contributed by atoms with Crippen molar-refractivity contribution in [3.63, 3.8) is 0 Å². The Bertz CT molecular complexity index is 2250. The first-order valence-electron chi connectivity index (χ1n) is 15.2. The van der Waals surface area contributed by atoms with Crippen molar-refractivity contribution < 1.29 is 28.5 Å². The van der Waals surface area contributed by atoms with Crippen LogP contribution in [0.3, 0.4) is 0 Å². The number of aromatic nitrogens is 1. The van der Waals surface area contributed by atoms with Crippen LogP contribution >= 0.6 is 33.9 Å². The van der Waals surface area contributed by atoms with E-state index in [1.54, 1.807) is 50.8 Å². The van der Waals surface area contributed by atoms with Crippen molar-refractivity contribution in [2.24, 2.45) is 4.99 Å². The van der Waals surface area contributed by atoms with Crippen LogP contribution in [0.2, 0.25) is 0 Å². The smallest absolute Gasteiger partial charge is 0.338 e. The highest BCUT2D eigenvalue weighted by Gasteiger charge is 2.34. The van der Waals surface area contributed by atoms with Gasteiger partial charge in [-0.05, 0) is 94.2 Å². The van der Waals surface area contributed by atoms with E-state index in [9.17, 15) is 9.59 Å². The summed E-state index contributed by atoms with van der Waals surface area (Å²) in [7, 11) is 4.68. The van der Waals surface area contributed by atoms with Gasteiger partial charge in [0.1, 0.15) is 6.61 Å². The van der Waals surface area contributed by atoms with E-state index in [4.69, 9.17) is 23.7 Å². The monoisotopic (exact) mass is 776 g/mol. The second kappa shape index (κ2) is 14.2. The maximum Gasteiger partial charge on any atom is 0.338 e. The van der Waals surface area contributed by atoms with Gasteiger partial charge in [-0.1, -0.05) is 59.9 Å². The fraction of sp³-hybridized carbons (Fsp3) is 0.216. The van der Waals surface area contributed by atoms with Crippen LogP contribution in [0.1, 0.15) is 36.6 Å². The number of hydrogen-bond donors (Lipinski definition) is 0. The molecule has 0 amide bonds. The molecule has 1 atom stereocenters. The first kappa shape index (κ1) is 33.3. The van der Waals surface area contributed by atoms with Gasteiger partial charge in [0.25, 0.3) is 5.56 Å². The molecule has 4 aromatic carbocycles. The fourth-order valence-electron chi connectivity index (χ4n) is 5.81. The summed E-state index contributed by atoms with van der Waals surface area (Å²) in [5.74, 6) is 1.63. The van der Waals surface area contributed by atoms with Crippen LogP contribution in [0.4, 0.5) is 0 Å². The second-order valence-electron chi connectivity index (χ2n) is 10.9. The van der Waals surface area contributed by atoms with Crippen molar-refractivity contribution in [3.8, 4) is 23.0 Å². The van der Waals surface area contributed by atoms with Crippen LogP contribution in [0.15, 0.2) is 93.9 Å². The Labute approximate surface area is 294 Å². The molecule has 0 N–H and O–H groups in total. The Morgan fingerprint density at radius 2 is 1.71 bits per heavy atom. The average molecular weight is 777 g/mol. The molecule has 0 spiro atoms. The fourth-order valence-corrected chi connectivity index (χ4v) is 7.64. The molecule has 48 heavy (non-hydrogen) atoms. The van der Waals surface area contributed by atoms with E-state index in [-0.39, 0.29) is 17.7 Å². The number of benzene rings is 4. The standard InChI is InChI=1S/C37H33IN2O7S/c1-6-46-36(42)32-21(2)39-37-40(33(32)24-14-15-28(43-3)29(19-24)44-4)35(41)31(48-37)18-22-16-27(38)34(30(17-22)45-5)47-20-25-12-9-11-23-10-7-8-13-26(23)25/h7-19,33H,6,20H2,1-5H3/t33-/m1/s1. The summed E-state index contributed by atoms with van der Waals surface area (Å²) in [4.78, 5) is 32.6. The number of esters is 1. The minimum atomic E-state index is -0.790. The number of methoxy groups -OCH3 is 3. The first-order chi connectivity index (χ1) is 23.3. The van der Waals surface area contributed by atoms with Gasteiger partial charge in [-0.25, -0.2) is 9.79 Å². The first-order valence-corrected chi connectivity index (χ1v) is 17.1. The van der Waals surface area contributed by atoms with Gasteiger partial charge in [0.15, 0.2) is 27.8 Å². The topological polar surface area (TPSA) is 97.6 Å². The molecule has 0 unspecified atom stereocenters. The van der Waals surface area contributed by atoms with Gasteiger partial charge in [-0.3, -0.25) is 9.36 Å². The molecule has 1 aliphatic heterocycles. The number of carbonyl (C=O) groups is 1. The van der Waals surface area contributed by atoms with Crippen molar-refractivity contribution in [2.45, 2.75) is 26.5 Å². The highest BCUT2D eigenvalue weighted by Crippen LogP contribution is 2.37. The number of nitrogens with zero attached hydrogens (tertiary/aromatic N) is 2. The summed E-state index contributed by atoms with van der Waals surface area (Å²) in [6.45, 7) is 4.04. The Kier molecular flexibility index (Phi) is 9.88. The molecule has 5 aromatic rings. The molecule has 0 radical (unpaired) electrons. The summed E-state index contributed by atoms with van der Waals surface area (Å²) < 4.78 is 31.3. The van der Waals surface area contributed by atoms with Gasteiger partial charge in [-0.2, -0.15) is 0 Å². The highest BCUT2D eigenvalue weighted by atomic mass is 127. The van der Waals surface area contributed by atoms with Crippen LogP contribution in [-0.4, -0.2) is 38.5 Å².